The van der Waals surface area contributed by atoms with Crippen molar-refractivity contribution >= 4 is 28.2 Å². The number of amides is 2. The monoisotopic (exact) mass is 507 g/mol. The molecule has 1 aromatic heterocycles. The molecule has 0 aliphatic heterocycles. The van der Waals surface area contributed by atoms with E-state index in [1.54, 1.807) is 0 Å². The number of imide groups is 1. The van der Waals surface area contributed by atoms with Crippen molar-refractivity contribution in [2.45, 2.75) is 31.8 Å². The van der Waals surface area contributed by atoms with Gasteiger partial charge in [-0.05, 0) is 18.2 Å². The zero-order valence-corrected chi connectivity index (χ0v) is 17.9. The van der Waals surface area contributed by atoms with E-state index in [1.165, 1.54) is 20.8 Å². The van der Waals surface area contributed by atoms with E-state index >= 15 is 0 Å². The van der Waals surface area contributed by atoms with Crippen LogP contribution in [0.3, 0.4) is 0 Å². The summed E-state index contributed by atoms with van der Waals surface area (Å²) < 4.78 is 105. The maximum atomic E-state index is 13.1. The van der Waals surface area contributed by atoms with E-state index in [0.717, 1.165) is 18.6 Å². The van der Waals surface area contributed by atoms with Crippen LogP contribution in [0, 0.1) is 5.41 Å². The Hall–Kier alpha value is -3.01. The van der Waals surface area contributed by atoms with Crippen LogP contribution in [0.25, 0.3) is 17.6 Å². The molecule has 0 saturated heterocycles. The van der Waals surface area contributed by atoms with Gasteiger partial charge in [0.1, 0.15) is 11.2 Å². The van der Waals surface area contributed by atoms with Gasteiger partial charge in [0.05, 0.1) is 5.56 Å². The summed E-state index contributed by atoms with van der Waals surface area (Å²) in [6.45, 7) is 4.48. The topological polar surface area (TPSA) is 94.1 Å². The van der Waals surface area contributed by atoms with Gasteiger partial charge in [-0.1, -0.05) is 40.2 Å². The predicted molar refractivity (Wildman–Crippen MR) is 103 cm³/mol. The Kier molecular flexibility index (Phi) is 5.76. The fourth-order valence-corrected chi connectivity index (χ4v) is 2.97. The first-order valence-electron chi connectivity index (χ1n) is 8.68. The second kappa shape index (κ2) is 7.24. The molecular formula is C17H17F8N5O2S. The number of hydrogen-bond acceptors (Lipinski definition) is 5. The normalized spacial score (nSPS) is 15.3. The number of halogens is 8. The number of aromatic nitrogens is 3. The number of alkyl halides is 3. The maximum absolute atomic E-state index is 13.1. The molecule has 2 N–H and O–H groups in total. The largest absolute Gasteiger partial charge is 0.416 e. The fraction of sp³-hybridized carbons (Fsp3) is 0.294. The zero-order valence-electron chi connectivity index (χ0n) is 17.1. The average molecular weight is 507 g/mol. The highest BCUT2D eigenvalue weighted by atomic mass is 32.5. The van der Waals surface area contributed by atoms with Crippen molar-refractivity contribution in [1.82, 2.24) is 19.8 Å². The Morgan fingerprint density at radius 1 is 1.06 bits per heavy atom. The molecule has 0 fully saturated rings. The van der Waals surface area contributed by atoms with Gasteiger partial charge >= 0.3 is 16.4 Å². The predicted octanol–water partition coefficient (Wildman–Crippen LogP) is 5.37. The third-order valence-electron chi connectivity index (χ3n) is 3.91. The Bertz CT molecular complexity index is 1130. The average Bonchev–Trinajstić information content (AvgIpc) is 3.10. The van der Waals surface area contributed by atoms with Crippen LogP contribution in [0.5, 0.6) is 0 Å². The van der Waals surface area contributed by atoms with E-state index in [0.29, 0.717) is 9.69 Å². The zero-order chi connectivity index (χ0) is 25.7. The van der Waals surface area contributed by atoms with Crippen LogP contribution in [-0.4, -0.2) is 31.6 Å². The molecule has 33 heavy (non-hydrogen) atoms. The Morgan fingerprint density at radius 2 is 1.64 bits per heavy atom. The molecule has 1 aromatic carbocycles. The molecule has 2 aromatic rings. The lowest BCUT2D eigenvalue weighted by molar-refractivity contribution is -0.148. The lowest BCUT2D eigenvalue weighted by Gasteiger charge is -2.40. The van der Waals surface area contributed by atoms with Gasteiger partial charge in [0.2, 0.25) is 5.91 Å². The molecule has 0 saturated carbocycles. The second-order valence-electron chi connectivity index (χ2n) is 7.84. The summed E-state index contributed by atoms with van der Waals surface area (Å²) in [5, 5.41) is 3.85. The Labute approximate surface area is 181 Å². The highest BCUT2D eigenvalue weighted by Gasteiger charge is 2.66. The quantitative estimate of drug-likeness (QED) is 0.198. The van der Waals surface area contributed by atoms with Crippen LogP contribution in [0.15, 0.2) is 35.5 Å². The molecule has 0 aliphatic rings. The third-order valence-corrected chi connectivity index (χ3v) is 5.04. The van der Waals surface area contributed by atoms with Crippen LogP contribution < -0.4 is 5.84 Å². The minimum Gasteiger partial charge on any atom is -0.272 e. The maximum Gasteiger partial charge on any atom is 0.416 e. The highest BCUT2D eigenvalue weighted by Crippen LogP contribution is 3.02. The molecule has 0 unspecified atom stereocenters. The molecule has 0 bridgehead atoms. The van der Waals surface area contributed by atoms with Crippen molar-refractivity contribution in [2.24, 2.45) is 11.3 Å². The van der Waals surface area contributed by atoms with Gasteiger partial charge in [-0.25, -0.2) is 20.5 Å². The van der Waals surface area contributed by atoms with Crippen LogP contribution >= 0.6 is 10.2 Å². The molecular weight excluding hydrogens is 490 g/mol. The van der Waals surface area contributed by atoms with Crippen molar-refractivity contribution in [3.8, 4) is 11.4 Å². The molecule has 184 valence electrons. The summed E-state index contributed by atoms with van der Waals surface area (Å²) >= 11 is 0. The number of rotatable bonds is 4. The number of carbonyl (C=O) groups excluding carboxylic acids is 2. The van der Waals surface area contributed by atoms with Crippen molar-refractivity contribution in [3.63, 3.8) is 0 Å². The lowest BCUT2D eigenvalue weighted by atomic mass is 9.95. The van der Waals surface area contributed by atoms with E-state index in [1.807, 2.05) is 0 Å². The molecule has 7 nitrogen and oxygen atoms in total. The fourth-order valence-electron chi connectivity index (χ4n) is 2.28. The van der Waals surface area contributed by atoms with Crippen molar-refractivity contribution in [2.75, 3.05) is 0 Å². The molecule has 1 heterocycles. The Morgan fingerprint density at radius 3 is 2.12 bits per heavy atom. The van der Waals surface area contributed by atoms with Crippen LogP contribution in [0.2, 0.25) is 0 Å². The highest BCUT2D eigenvalue weighted by molar-refractivity contribution is 8.45. The second-order valence-corrected chi connectivity index (χ2v) is 10.2. The minimum absolute atomic E-state index is 0.172. The van der Waals surface area contributed by atoms with Gasteiger partial charge in [0, 0.05) is 23.3 Å². The van der Waals surface area contributed by atoms with Gasteiger partial charge in [0.15, 0.2) is 5.82 Å². The third kappa shape index (κ3) is 6.50. The smallest absolute Gasteiger partial charge is 0.272 e. The van der Waals surface area contributed by atoms with Crippen molar-refractivity contribution < 1.29 is 42.2 Å². The SMILES string of the molecule is CC(C)(C)C(=O)N(N)C(=O)/C=C\n1cnc(-c2cc(C(F)(F)F)cc(S(F)(F)(F)(F)F)c2)n1. The van der Waals surface area contributed by atoms with Crippen molar-refractivity contribution in [1.29, 1.82) is 0 Å². The van der Waals surface area contributed by atoms with E-state index in [2.05, 4.69) is 10.1 Å². The van der Waals surface area contributed by atoms with Crippen LogP contribution in [0.1, 0.15) is 26.3 Å². The number of carbonyl (C=O) groups is 2. The van der Waals surface area contributed by atoms with Gasteiger partial charge in [-0.2, -0.15) is 13.2 Å². The molecule has 0 spiro atoms. The van der Waals surface area contributed by atoms with Gasteiger partial charge < -0.3 is 0 Å². The number of nitrogens with zero attached hydrogens (tertiary/aromatic N) is 4. The van der Waals surface area contributed by atoms with Gasteiger partial charge in [0.25, 0.3) is 5.91 Å². The number of nitrogens with two attached hydrogens (primary N) is 1. The van der Waals surface area contributed by atoms with E-state index in [4.69, 9.17) is 5.84 Å². The summed E-state index contributed by atoms with van der Waals surface area (Å²) in [6.07, 6.45) is -3.00. The standard InChI is InChI=1S/C17H17F8N5O2S/c1-16(2,3)15(32)30(26)13(31)4-5-29-9-27-14(28-29)10-6-11(17(18,19)20)8-12(7-10)33(21,22,23,24)25/h4-9H,26H2,1-3H3/b5-4-. The van der Waals surface area contributed by atoms with E-state index in [-0.39, 0.29) is 12.1 Å². The molecule has 0 atom stereocenters. The summed E-state index contributed by atoms with van der Waals surface area (Å²) in [6, 6.07) is -0.719. The first-order chi connectivity index (χ1) is 14.5. The molecule has 2 amide bonds. The summed E-state index contributed by atoms with van der Waals surface area (Å²) in [5.41, 5.74) is -3.97. The summed E-state index contributed by atoms with van der Waals surface area (Å²) in [7, 11) is -10.5. The van der Waals surface area contributed by atoms with E-state index < -0.39 is 61.5 Å². The number of hydrogen-bond donors (Lipinski definition) is 1. The number of benzene rings is 1. The van der Waals surface area contributed by atoms with Crippen LogP contribution in [-0.2, 0) is 15.8 Å². The van der Waals surface area contributed by atoms with E-state index in [9.17, 15) is 42.2 Å². The summed E-state index contributed by atoms with van der Waals surface area (Å²) in [4.78, 5) is 24.6. The molecule has 0 aliphatic carbocycles. The van der Waals surface area contributed by atoms with Gasteiger partial charge in [-0.15, -0.1) is 5.10 Å². The Balaban J connectivity index is 2.43. The summed E-state index contributed by atoms with van der Waals surface area (Å²) in [5.74, 6) is 2.87. The minimum atomic E-state index is -10.5. The molecule has 0 radical (unpaired) electrons. The van der Waals surface area contributed by atoms with Gasteiger partial charge in [-0.3, -0.25) is 9.59 Å². The molecule has 2 rings (SSSR count). The first kappa shape index (κ1) is 26.2. The van der Waals surface area contributed by atoms with Crippen molar-refractivity contribution in [3.05, 3.63) is 36.2 Å². The lowest BCUT2D eigenvalue weighted by Crippen LogP contribution is -2.47. The first-order valence-corrected chi connectivity index (χ1v) is 10.6. The van der Waals surface area contributed by atoms with Crippen LogP contribution in [0.4, 0.5) is 32.6 Å². The number of hydrazine groups is 1. The molecule has 16 heteroatoms.